The molecule has 0 aliphatic rings. The smallest absolute Gasteiger partial charge is 0.273 e. The van der Waals surface area contributed by atoms with Crippen LogP contribution in [0.5, 0.6) is 5.75 Å². The maximum atomic E-state index is 14.2. The van der Waals surface area contributed by atoms with Crippen molar-refractivity contribution < 1.29 is 23.5 Å². The van der Waals surface area contributed by atoms with E-state index >= 15 is 0 Å². The molecule has 4 rings (SSSR count). The third kappa shape index (κ3) is 5.88. The molecule has 3 amide bonds. The van der Waals surface area contributed by atoms with Crippen LogP contribution in [0.4, 0.5) is 15.8 Å². The minimum absolute atomic E-state index is 0.0877. The number of nitrogens with zero attached hydrogens (tertiary/aromatic N) is 2. The van der Waals surface area contributed by atoms with Crippen LogP contribution < -0.4 is 26.4 Å². The topological polar surface area (TPSA) is 141 Å². The highest BCUT2D eigenvalue weighted by Gasteiger charge is 2.37. The van der Waals surface area contributed by atoms with Crippen LogP contribution in [0, 0.1) is 12.7 Å². The van der Waals surface area contributed by atoms with Gasteiger partial charge < -0.3 is 21.5 Å². The van der Waals surface area contributed by atoms with Crippen molar-refractivity contribution in [2.45, 2.75) is 19.5 Å². The first-order valence-corrected chi connectivity index (χ1v) is 12.6. The number of ether oxygens (including phenoxy) is 1. The minimum atomic E-state index is -1.28. The Morgan fingerprint density at radius 3 is 2.38 bits per heavy atom. The average Bonchev–Trinajstić information content (AvgIpc) is 3.32. The number of benzene rings is 3. The van der Waals surface area contributed by atoms with Crippen LogP contribution in [-0.2, 0) is 11.3 Å². The van der Waals surface area contributed by atoms with Crippen molar-refractivity contribution in [1.29, 1.82) is 0 Å². The quantitative estimate of drug-likeness (QED) is 0.289. The number of methoxy groups -OCH3 is 1. The molecule has 5 N–H and O–H groups in total. The number of carbonyl (C=O) groups excluding carboxylic acids is 3. The number of amides is 3. The van der Waals surface area contributed by atoms with Gasteiger partial charge in [-0.2, -0.15) is 4.37 Å². The van der Waals surface area contributed by atoms with Crippen molar-refractivity contribution in [1.82, 2.24) is 9.69 Å². The van der Waals surface area contributed by atoms with Gasteiger partial charge in [-0.3, -0.25) is 19.3 Å². The largest absolute Gasteiger partial charge is 0.495 e. The number of aryl methyl sites for hydroxylation is 1. The monoisotopic (exact) mass is 547 g/mol. The van der Waals surface area contributed by atoms with Crippen molar-refractivity contribution >= 4 is 40.6 Å². The minimum Gasteiger partial charge on any atom is -0.495 e. The van der Waals surface area contributed by atoms with Gasteiger partial charge in [0.1, 0.15) is 22.5 Å². The van der Waals surface area contributed by atoms with Crippen molar-refractivity contribution in [2.24, 2.45) is 5.73 Å². The number of carbonyl (C=O) groups is 3. The summed E-state index contributed by atoms with van der Waals surface area (Å²) in [6.07, 6.45) is 0. The van der Waals surface area contributed by atoms with Crippen LogP contribution in [0.2, 0.25) is 0 Å². The molecule has 0 aliphatic heterocycles. The Morgan fingerprint density at radius 1 is 1.08 bits per heavy atom. The number of hydrogen-bond donors (Lipinski definition) is 3. The maximum Gasteiger partial charge on any atom is 0.273 e. The summed E-state index contributed by atoms with van der Waals surface area (Å²) in [5, 5.41) is 2.87. The third-order valence-corrected chi connectivity index (χ3v) is 6.82. The van der Waals surface area contributed by atoms with Gasteiger partial charge in [0.15, 0.2) is 5.69 Å². The Labute approximate surface area is 228 Å². The fraction of sp³-hybridized carbons (Fsp3) is 0.143. The Kier molecular flexibility index (Phi) is 8.21. The molecule has 0 radical (unpaired) electrons. The zero-order valence-corrected chi connectivity index (χ0v) is 22.0. The van der Waals surface area contributed by atoms with Crippen LogP contribution in [0.15, 0.2) is 72.8 Å². The Morgan fingerprint density at radius 2 is 1.77 bits per heavy atom. The molecule has 1 atom stereocenters. The summed E-state index contributed by atoms with van der Waals surface area (Å²) >= 11 is 0.691. The highest BCUT2D eigenvalue weighted by Crippen LogP contribution is 2.38. The fourth-order valence-corrected chi connectivity index (χ4v) is 4.78. The van der Waals surface area contributed by atoms with E-state index in [1.54, 1.807) is 18.2 Å². The highest BCUT2D eigenvalue weighted by molar-refractivity contribution is 7.09. The van der Waals surface area contributed by atoms with E-state index in [9.17, 15) is 18.8 Å². The maximum absolute atomic E-state index is 14.2. The molecule has 0 unspecified atom stereocenters. The standard InChI is InChI=1S/C28H26FN5O4S/c1-16-8-13-21(38-2)20(14-16)34(28(37)25-22(30)23(26(31)35)33-39-25)24(18-9-11-19(29)12-10-18)27(36)32-15-17-6-4-3-5-7-17/h3-14,24H,15,30H2,1-2H3,(H2,31,35)(H,32,36)/t24-/m0/s1. The van der Waals surface area contributed by atoms with Crippen molar-refractivity contribution in [2.75, 3.05) is 17.7 Å². The average molecular weight is 548 g/mol. The number of aromatic nitrogens is 1. The normalized spacial score (nSPS) is 11.5. The lowest BCUT2D eigenvalue weighted by atomic mass is 10.0. The second-order valence-corrected chi connectivity index (χ2v) is 9.42. The lowest BCUT2D eigenvalue weighted by Gasteiger charge is -2.32. The zero-order chi connectivity index (χ0) is 28.1. The number of halogens is 1. The van der Waals surface area contributed by atoms with E-state index < -0.39 is 29.6 Å². The van der Waals surface area contributed by atoms with Gasteiger partial charge in [0.05, 0.1) is 18.5 Å². The molecular weight excluding hydrogens is 521 g/mol. The lowest BCUT2D eigenvalue weighted by molar-refractivity contribution is -0.122. The Hall–Kier alpha value is -4.77. The second kappa shape index (κ2) is 11.7. The van der Waals surface area contributed by atoms with E-state index in [0.29, 0.717) is 22.8 Å². The number of nitrogens with one attached hydrogen (secondary N) is 1. The Balaban J connectivity index is 1.89. The molecule has 0 spiro atoms. The van der Waals surface area contributed by atoms with E-state index in [1.807, 2.05) is 37.3 Å². The number of nitrogens with two attached hydrogens (primary N) is 2. The van der Waals surface area contributed by atoms with E-state index in [1.165, 1.54) is 36.3 Å². The molecule has 0 saturated heterocycles. The number of primary amides is 1. The van der Waals surface area contributed by atoms with E-state index in [0.717, 1.165) is 11.1 Å². The van der Waals surface area contributed by atoms with Crippen LogP contribution in [-0.4, -0.2) is 29.2 Å². The van der Waals surface area contributed by atoms with Gasteiger partial charge in [0.2, 0.25) is 5.91 Å². The molecule has 3 aromatic carbocycles. The van der Waals surface area contributed by atoms with Crippen molar-refractivity contribution in [3.05, 3.63) is 106 Å². The summed E-state index contributed by atoms with van der Waals surface area (Å²) in [5.74, 6) is -2.36. The Bertz CT molecular complexity index is 1510. The summed E-state index contributed by atoms with van der Waals surface area (Å²) in [6.45, 7) is 2.00. The molecule has 4 aromatic rings. The van der Waals surface area contributed by atoms with Crippen LogP contribution in [0.3, 0.4) is 0 Å². The van der Waals surface area contributed by atoms with Crippen LogP contribution in [0.1, 0.15) is 42.9 Å². The van der Waals surface area contributed by atoms with Gasteiger partial charge in [0.25, 0.3) is 11.8 Å². The van der Waals surface area contributed by atoms with Gasteiger partial charge in [-0.15, -0.1) is 0 Å². The summed E-state index contributed by atoms with van der Waals surface area (Å²) in [7, 11) is 1.44. The van der Waals surface area contributed by atoms with Crippen LogP contribution >= 0.6 is 11.5 Å². The molecule has 0 fully saturated rings. The molecular formula is C28H26FN5O4S. The van der Waals surface area contributed by atoms with E-state index in [4.69, 9.17) is 16.2 Å². The van der Waals surface area contributed by atoms with Gasteiger partial charge in [-0.25, -0.2) is 4.39 Å². The van der Waals surface area contributed by atoms with Gasteiger partial charge in [-0.05, 0) is 59.4 Å². The molecule has 200 valence electrons. The first kappa shape index (κ1) is 27.3. The molecule has 1 aromatic heterocycles. The molecule has 9 nitrogen and oxygen atoms in total. The van der Waals surface area contributed by atoms with Crippen molar-refractivity contribution in [3.8, 4) is 5.75 Å². The molecule has 11 heteroatoms. The summed E-state index contributed by atoms with van der Waals surface area (Å²) in [4.78, 5) is 41.0. The number of anilines is 2. The molecule has 0 bridgehead atoms. The van der Waals surface area contributed by atoms with Gasteiger partial charge in [-0.1, -0.05) is 48.5 Å². The van der Waals surface area contributed by atoms with Gasteiger partial charge in [0, 0.05) is 6.54 Å². The molecule has 1 heterocycles. The molecule has 0 aliphatic carbocycles. The first-order chi connectivity index (χ1) is 18.7. The summed E-state index contributed by atoms with van der Waals surface area (Å²) in [6, 6.07) is 18.4. The van der Waals surface area contributed by atoms with Crippen LogP contribution in [0.25, 0.3) is 0 Å². The summed E-state index contributed by atoms with van der Waals surface area (Å²) < 4.78 is 23.4. The van der Waals surface area contributed by atoms with Gasteiger partial charge >= 0.3 is 0 Å². The first-order valence-electron chi connectivity index (χ1n) is 11.8. The zero-order valence-electron chi connectivity index (χ0n) is 21.2. The van der Waals surface area contributed by atoms with Crippen molar-refractivity contribution in [3.63, 3.8) is 0 Å². The number of hydrogen-bond acceptors (Lipinski definition) is 7. The van der Waals surface area contributed by atoms with E-state index in [-0.39, 0.29) is 28.5 Å². The lowest BCUT2D eigenvalue weighted by Crippen LogP contribution is -2.44. The second-order valence-electron chi connectivity index (χ2n) is 8.65. The number of rotatable bonds is 9. The molecule has 0 saturated carbocycles. The SMILES string of the molecule is COc1ccc(C)cc1N(C(=O)c1snc(C(N)=O)c1N)[C@H](C(=O)NCc1ccccc1)c1ccc(F)cc1. The predicted molar refractivity (Wildman–Crippen MR) is 147 cm³/mol. The predicted octanol–water partition coefficient (Wildman–Crippen LogP) is 3.98. The summed E-state index contributed by atoms with van der Waals surface area (Å²) in [5.41, 5.74) is 13.3. The fourth-order valence-electron chi connectivity index (χ4n) is 4.04. The third-order valence-electron chi connectivity index (χ3n) is 5.97. The number of nitrogen functional groups attached to an aromatic ring is 1. The van der Waals surface area contributed by atoms with E-state index in [2.05, 4.69) is 9.69 Å². The highest BCUT2D eigenvalue weighted by atomic mass is 32.1. The molecule has 39 heavy (non-hydrogen) atoms.